The van der Waals surface area contributed by atoms with Gasteiger partial charge >= 0.3 is 0 Å². The molecule has 0 aliphatic carbocycles. The van der Waals surface area contributed by atoms with Gasteiger partial charge in [0.05, 0.1) is 26.9 Å². The first kappa shape index (κ1) is 14.8. The molecule has 5 nitrogen and oxygen atoms in total. The van der Waals surface area contributed by atoms with Crippen molar-refractivity contribution in [1.29, 1.82) is 0 Å². The van der Waals surface area contributed by atoms with Crippen molar-refractivity contribution in [1.82, 2.24) is 4.90 Å². The van der Waals surface area contributed by atoms with Gasteiger partial charge in [0.2, 0.25) is 0 Å². The molecule has 0 saturated carbocycles. The van der Waals surface area contributed by atoms with Gasteiger partial charge in [0.25, 0.3) is 0 Å². The quantitative estimate of drug-likeness (QED) is 0.911. The fourth-order valence-corrected chi connectivity index (χ4v) is 3.25. The van der Waals surface area contributed by atoms with Gasteiger partial charge in [-0.2, -0.15) is 0 Å². The Morgan fingerprint density at radius 3 is 2.86 bits per heavy atom. The zero-order valence-electron chi connectivity index (χ0n) is 12.6. The average Bonchev–Trinajstić information content (AvgIpc) is 2.95. The molecule has 2 aliphatic rings. The molecule has 2 aliphatic heterocycles. The zero-order chi connectivity index (χ0) is 14.7. The van der Waals surface area contributed by atoms with Gasteiger partial charge in [-0.3, -0.25) is 4.90 Å². The summed E-state index contributed by atoms with van der Waals surface area (Å²) in [4.78, 5) is 2.39. The van der Waals surface area contributed by atoms with E-state index in [2.05, 4.69) is 23.1 Å². The molecule has 2 heterocycles. The molecule has 0 bridgehead atoms. The molecule has 116 valence electrons. The minimum atomic E-state index is -0.362. The maximum absolute atomic E-state index is 5.83. The molecule has 1 spiro atoms. The molecule has 3 rings (SSSR count). The van der Waals surface area contributed by atoms with Crippen LogP contribution in [-0.2, 0) is 22.6 Å². The van der Waals surface area contributed by atoms with Crippen molar-refractivity contribution in [2.24, 2.45) is 5.73 Å². The normalized spacial score (nSPS) is 21.8. The number of ether oxygens (including phenoxy) is 3. The smallest absolute Gasteiger partial charge is 0.181 e. The van der Waals surface area contributed by atoms with Crippen molar-refractivity contribution in [2.75, 3.05) is 33.4 Å². The van der Waals surface area contributed by atoms with Gasteiger partial charge in [0.1, 0.15) is 5.75 Å². The van der Waals surface area contributed by atoms with Crippen LogP contribution in [0, 0.1) is 0 Å². The Hall–Kier alpha value is -1.14. The van der Waals surface area contributed by atoms with Crippen molar-refractivity contribution >= 4 is 0 Å². The van der Waals surface area contributed by atoms with E-state index in [9.17, 15) is 0 Å². The third-order valence-corrected chi connectivity index (χ3v) is 4.29. The number of nitrogens with zero attached hydrogens (tertiary/aromatic N) is 1. The van der Waals surface area contributed by atoms with Gasteiger partial charge in [-0.1, -0.05) is 12.1 Å². The van der Waals surface area contributed by atoms with Crippen molar-refractivity contribution in [3.8, 4) is 5.75 Å². The van der Waals surface area contributed by atoms with Crippen LogP contribution < -0.4 is 10.5 Å². The maximum atomic E-state index is 5.83. The van der Waals surface area contributed by atoms with E-state index in [0.717, 1.165) is 43.8 Å². The van der Waals surface area contributed by atoms with E-state index in [0.29, 0.717) is 19.8 Å². The fourth-order valence-electron chi connectivity index (χ4n) is 3.25. The van der Waals surface area contributed by atoms with Gasteiger partial charge in [-0.25, -0.2) is 0 Å². The summed E-state index contributed by atoms with van der Waals surface area (Å²) in [5.41, 5.74) is 7.99. The van der Waals surface area contributed by atoms with Gasteiger partial charge in [-0.15, -0.1) is 0 Å². The van der Waals surface area contributed by atoms with Gasteiger partial charge in [0, 0.05) is 25.1 Å². The monoisotopic (exact) mass is 292 g/mol. The van der Waals surface area contributed by atoms with E-state index < -0.39 is 0 Å². The van der Waals surface area contributed by atoms with E-state index in [1.165, 1.54) is 5.56 Å². The zero-order valence-corrected chi connectivity index (χ0v) is 12.6. The highest BCUT2D eigenvalue weighted by Gasteiger charge is 2.40. The molecule has 2 N–H and O–H groups in total. The lowest BCUT2D eigenvalue weighted by molar-refractivity contribution is -0.190. The summed E-state index contributed by atoms with van der Waals surface area (Å²) in [5.74, 6) is 0.509. The summed E-state index contributed by atoms with van der Waals surface area (Å²) in [6.45, 7) is 4.73. The van der Waals surface area contributed by atoms with Gasteiger partial charge in [-0.05, 0) is 24.6 Å². The second-order valence-corrected chi connectivity index (χ2v) is 5.77. The summed E-state index contributed by atoms with van der Waals surface area (Å²) in [5, 5.41) is 0. The fraction of sp³-hybridized carbons (Fsp3) is 0.625. The molecule has 2 fully saturated rings. The van der Waals surface area contributed by atoms with Crippen molar-refractivity contribution in [3.05, 3.63) is 29.3 Å². The SMILES string of the molecule is COc1cc(CN2CCCC3(C2)OCCO3)ccc1CN. The van der Waals surface area contributed by atoms with Crippen LogP contribution in [0.25, 0.3) is 0 Å². The molecular formula is C16H24N2O3. The maximum Gasteiger partial charge on any atom is 0.181 e. The highest BCUT2D eigenvalue weighted by molar-refractivity contribution is 5.37. The van der Waals surface area contributed by atoms with Crippen LogP contribution >= 0.6 is 0 Å². The van der Waals surface area contributed by atoms with Crippen molar-refractivity contribution in [2.45, 2.75) is 31.7 Å². The summed E-state index contributed by atoms with van der Waals surface area (Å²) >= 11 is 0. The first-order chi connectivity index (χ1) is 10.2. The van der Waals surface area contributed by atoms with Crippen LogP contribution in [0.3, 0.4) is 0 Å². The minimum Gasteiger partial charge on any atom is -0.496 e. The third-order valence-electron chi connectivity index (χ3n) is 4.29. The molecule has 21 heavy (non-hydrogen) atoms. The van der Waals surface area contributed by atoms with E-state index in [1.54, 1.807) is 7.11 Å². The number of nitrogens with two attached hydrogens (primary N) is 1. The predicted molar refractivity (Wildman–Crippen MR) is 80.0 cm³/mol. The lowest BCUT2D eigenvalue weighted by atomic mass is 10.0. The van der Waals surface area contributed by atoms with Crippen LogP contribution in [-0.4, -0.2) is 44.1 Å². The van der Waals surface area contributed by atoms with E-state index >= 15 is 0 Å². The number of hydrogen-bond donors (Lipinski definition) is 1. The van der Waals surface area contributed by atoms with Crippen molar-refractivity contribution in [3.63, 3.8) is 0 Å². The second kappa shape index (κ2) is 6.32. The highest BCUT2D eigenvalue weighted by Crippen LogP contribution is 2.31. The van der Waals surface area contributed by atoms with Gasteiger partial charge < -0.3 is 19.9 Å². The summed E-state index contributed by atoms with van der Waals surface area (Å²) in [7, 11) is 1.69. The van der Waals surface area contributed by atoms with Crippen LogP contribution in [0.15, 0.2) is 18.2 Å². The molecule has 0 unspecified atom stereocenters. The Morgan fingerprint density at radius 2 is 2.14 bits per heavy atom. The predicted octanol–water partition coefficient (Wildman–Crippen LogP) is 1.49. The Balaban J connectivity index is 1.68. The largest absolute Gasteiger partial charge is 0.496 e. The number of hydrogen-bond acceptors (Lipinski definition) is 5. The Labute approximate surface area is 126 Å². The molecule has 0 radical (unpaired) electrons. The van der Waals surface area contributed by atoms with Gasteiger partial charge in [0.15, 0.2) is 5.79 Å². The molecule has 5 heteroatoms. The molecule has 0 atom stereocenters. The molecular weight excluding hydrogens is 268 g/mol. The number of benzene rings is 1. The standard InChI is InChI=1S/C16H24N2O3/c1-19-15-9-13(3-4-14(15)10-17)11-18-6-2-5-16(12-18)20-7-8-21-16/h3-4,9H,2,5-8,10-12,17H2,1H3. The number of rotatable bonds is 4. The summed E-state index contributed by atoms with van der Waals surface area (Å²) in [6.07, 6.45) is 2.11. The first-order valence-electron chi connectivity index (χ1n) is 7.61. The third kappa shape index (κ3) is 3.21. The van der Waals surface area contributed by atoms with E-state index in [1.807, 2.05) is 0 Å². The summed E-state index contributed by atoms with van der Waals surface area (Å²) < 4.78 is 17.1. The Kier molecular flexibility index (Phi) is 4.45. The highest BCUT2D eigenvalue weighted by atomic mass is 16.7. The van der Waals surface area contributed by atoms with Crippen LogP contribution in [0.5, 0.6) is 5.75 Å². The lowest BCUT2D eigenvalue weighted by Crippen LogP contribution is -2.48. The van der Waals surface area contributed by atoms with Crippen LogP contribution in [0.2, 0.25) is 0 Å². The number of likely N-dealkylation sites (tertiary alicyclic amines) is 1. The molecule has 0 aromatic heterocycles. The molecule has 1 aromatic carbocycles. The lowest BCUT2D eigenvalue weighted by Gasteiger charge is -2.38. The molecule has 0 amide bonds. The Morgan fingerprint density at radius 1 is 1.33 bits per heavy atom. The second-order valence-electron chi connectivity index (χ2n) is 5.77. The minimum absolute atomic E-state index is 0.362. The topological polar surface area (TPSA) is 57.0 Å². The van der Waals surface area contributed by atoms with E-state index in [-0.39, 0.29) is 5.79 Å². The number of methoxy groups -OCH3 is 1. The Bertz CT molecular complexity index is 486. The molecule has 1 aromatic rings. The first-order valence-corrected chi connectivity index (χ1v) is 7.61. The summed E-state index contributed by atoms with van der Waals surface area (Å²) in [6, 6.07) is 6.26. The average molecular weight is 292 g/mol. The van der Waals surface area contributed by atoms with Crippen LogP contribution in [0.1, 0.15) is 24.0 Å². The van der Waals surface area contributed by atoms with Crippen molar-refractivity contribution < 1.29 is 14.2 Å². The van der Waals surface area contributed by atoms with Crippen LogP contribution in [0.4, 0.5) is 0 Å². The van der Waals surface area contributed by atoms with E-state index in [4.69, 9.17) is 19.9 Å². The molecule has 2 saturated heterocycles. The number of piperidine rings is 1.